The van der Waals surface area contributed by atoms with Gasteiger partial charge in [0.1, 0.15) is 0 Å². The molecule has 0 saturated carbocycles. The molecule has 2 N–H and O–H groups in total. The van der Waals surface area contributed by atoms with Crippen molar-refractivity contribution in [1.29, 1.82) is 0 Å². The highest BCUT2D eigenvalue weighted by atomic mass is 79.9. The van der Waals surface area contributed by atoms with Crippen LogP contribution in [0.2, 0.25) is 0 Å². The third kappa shape index (κ3) is 3.47. The average Bonchev–Trinajstić information content (AvgIpc) is 2.49. The van der Waals surface area contributed by atoms with Gasteiger partial charge in [-0.3, -0.25) is 14.9 Å². The Balaban J connectivity index is 2.29. The van der Waals surface area contributed by atoms with E-state index in [4.69, 9.17) is 5.11 Å². The molecule has 0 aliphatic carbocycles. The average molecular weight is 365 g/mol. The molecule has 0 radical (unpaired) electrons. The summed E-state index contributed by atoms with van der Waals surface area (Å²) in [5.74, 6) is -1.70. The van der Waals surface area contributed by atoms with Gasteiger partial charge in [0.2, 0.25) is 0 Å². The van der Waals surface area contributed by atoms with Crippen LogP contribution in [0.15, 0.2) is 46.9 Å². The van der Waals surface area contributed by atoms with Crippen LogP contribution in [0.5, 0.6) is 0 Å². The zero-order valence-corrected chi connectivity index (χ0v) is 12.5. The maximum atomic E-state index is 12.1. The Morgan fingerprint density at radius 1 is 1.14 bits per heavy atom. The number of aromatic carboxylic acids is 1. The Hall–Kier alpha value is -2.74. The van der Waals surface area contributed by atoms with Crippen molar-refractivity contribution >= 4 is 39.2 Å². The fourth-order valence-electron chi connectivity index (χ4n) is 1.71. The highest BCUT2D eigenvalue weighted by Crippen LogP contribution is 2.24. The molecule has 0 atom stereocenters. The summed E-state index contributed by atoms with van der Waals surface area (Å²) in [6.07, 6.45) is 0. The number of hydrogen-bond acceptors (Lipinski definition) is 4. The van der Waals surface area contributed by atoms with Gasteiger partial charge in [-0.05, 0) is 40.2 Å². The van der Waals surface area contributed by atoms with E-state index in [9.17, 15) is 19.7 Å². The Bertz CT molecular complexity index is 776. The van der Waals surface area contributed by atoms with Crippen LogP contribution in [-0.2, 0) is 0 Å². The number of nitro benzene ring substituents is 1. The number of carbonyl (C=O) groups excluding carboxylic acids is 1. The first-order chi connectivity index (χ1) is 10.4. The molecule has 7 nitrogen and oxygen atoms in total. The summed E-state index contributed by atoms with van der Waals surface area (Å²) >= 11 is 3.20. The van der Waals surface area contributed by atoms with Crippen LogP contribution in [0.1, 0.15) is 20.7 Å². The normalized spacial score (nSPS) is 10.0. The molecular weight excluding hydrogens is 356 g/mol. The van der Waals surface area contributed by atoms with Crippen LogP contribution in [0.25, 0.3) is 0 Å². The minimum atomic E-state index is -1.13. The molecule has 2 rings (SSSR count). The topological polar surface area (TPSA) is 110 Å². The molecule has 0 aliphatic rings. The first-order valence-electron chi connectivity index (χ1n) is 5.97. The standard InChI is InChI=1S/C14H9BrN2O5/c15-11-5-4-9(14(19)20)7-12(11)16-13(18)8-2-1-3-10(6-8)17(21)22/h1-7H,(H,16,18)(H,19,20). The van der Waals surface area contributed by atoms with Crippen LogP contribution < -0.4 is 5.32 Å². The minimum Gasteiger partial charge on any atom is -0.478 e. The molecule has 0 fully saturated rings. The van der Waals surface area contributed by atoms with Gasteiger partial charge in [-0.1, -0.05) is 6.07 Å². The Kier molecular flexibility index (Phi) is 4.52. The van der Waals surface area contributed by atoms with E-state index >= 15 is 0 Å². The van der Waals surface area contributed by atoms with Crippen LogP contribution in [0.4, 0.5) is 11.4 Å². The molecule has 1 amide bonds. The lowest BCUT2D eigenvalue weighted by Crippen LogP contribution is -2.13. The number of halogens is 1. The van der Waals surface area contributed by atoms with Gasteiger partial charge >= 0.3 is 5.97 Å². The van der Waals surface area contributed by atoms with Crippen molar-refractivity contribution in [3.05, 3.63) is 68.2 Å². The molecule has 22 heavy (non-hydrogen) atoms. The molecule has 0 saturated heterocycles. The number of rotatable bonds is 4. The van der Waals surface area contributed by atoms with E-state index in [1.165, 1.54) is 36.4 Å². The maximum absolute atomic E-state index is 12.1. The van der Waals surface area contributed by atoms with Gasteiger partial charge in [-0.15, -0.1) is 0 Å². The molecule has 0 heterocycles. The number of nitrogens with zero attached hydrogens (tertiary/aromatic N) is 1. The molecule has 2 aromatic carbocycles. The van der Waals surface area contributed by atoms with Crippen molar-refractivity contribution in [1.82, 2.24) is 0 Å². The summed E-state index contributed by atoms with van der Waals surface area (Å²) < 4.78 is 0.497. The zero-order chi connectivity index (χ0) is 16.3. The lowest BCUT2D eigenvalue weighted by molar-refractivity contribution is -0.384. The maximum Gasteiger partial charge on any atom is 0.335 e. The van der Waals surface area contributed by atoms with Crippen molar-refractivity contribution in [3.63, 3.8) is 0 Å². The van der Waals surface area contributed by atoms with Crippen molar-refractivity contribution in [2.24, 2.45) is 0 Å². The molecule has 0 spiro atoms. The minimum absolute atomic E-state index is 0.0116. The largest absolute Gasteiger partial charge is 0.478 e. The zero-order valence-electron chi connectivity index (χ0n) is 10.9. The van der Waals surface area contributed by atoms with Crippen molar-refractivity contribution in [3.8, 4) is 0 Å². The Morgan fingerprint density at radius 2 is 1.86 bits per heavy atom. The number of carboxylic acids is 1. The molecule has 0 unspecified atom stereocenters. The third-order valence-electron chi connectivity index (χ3n) is 2.78. The fourth-order valence-corrected chi connectivity index (χ4v) is 2.06. The highest BCUT2D eigenvalue weighted by molar-refractivity contribution is 9.10. The van der Waals surface area contributed by atoms with Crippen LogP contribution in [0.3, 0.4) is 0 Å². The summed E-state index contributed by atoms with van der Waals surface area (Å²) in [4.78, 5) is 33.2. The third-order valence-corrected chi connectivity index (χ3v) is 3.47. The van der Waals surface area contributed by atoms with Gasteiger partial charge in [0.25, 0.3) is 11.6 Å². The number of benzene rings is 2. The van der Waals surface area contributed by atoms with Gasteiger partial charge in [0.15, 0.2) is 0 Å². The van der Waals surface area contributed by atoms with Gasteiger partial charge in [-0.2, -0.15) is 0 Å². The summed E-state index contributed by atoms with van der Waals surface area (Å²) in [5, 5.41) is 22.2. The van der Waals surface area contributed by atoms with Crippen molar-refractivity contribution < 1.29 is 19.6 Å². The highest BCUT2D eigenvalue weighted by Gasteiger charge is 2.14. The number of carboxylic acid groups (broad SMARTS) is 1. The van der Waals surface area contributed by atoms with E-state index in [1.54, 1.807) is 0 Å². The number of amides is 1. The second-order valence-electron chi connectivity index (χ2n) is 4.26. The van der Waals surface area contributed by atoms with E-state index in [0.717, 1.165) is 6.07 Å². The first kappa shape index (κ1) is 15.6. The van der Waals surface area contributed by atoms with Gasteiger partial charge < -0.3 is 10.4 Å². The number of anilines is 1. The summed E-state index contributed by atoms with van der Waals surface area (Å²) in [6, 6.07) is 9.42. The molecule has 0 aliphatic heterocycles. The van der Waals surface area contributed by atoms with Crippen LogP contribution in [-0.4, -0.2) is 21.9 Å². The lowest BCUT2D eigenvalue weighted by Gasteiger charge is -2.08. The number of nitrogens with one attached hydrogen (secondary N) is 1. The van der Waals surface area contributed by atoms with E-state index in [2.05, 4.69) is 21.2 Å². The number of nitro groups is 1. The second-order valence-corrected chi connectivity index (χ2v) is 5.12. The first-order valence-corrected chi connectivity index (χ1v) is 6.76. The quantitative estimate of drug-likeness (QED) is 0.638. The Morgan fingerprint density at radius 3 is 2.50 bits per heavy atom. The molecule has 0 bridgehead atoms. The SMILES string of the molecule is O=C(O)c1ccc(Br)c(NC(=O)c2cccc([N+](=O)[O-])c2)c1. The molecule has 112 valence electrons. The number of non-ortho nitro benzene ring substituents is 1. The van der Waals surface area contributed by atoms with E-state index < -0.39 is 16.8 Å². The summed E-state index contributed by atoms with van der Waals surface area (Å²) in [6.45, 7) is 0. The summed E-state index contributed by atoms with van der Waals surface area (Å²) in [7, 11) is 0. The molecule has 0 aromatic heterocycles. The number of hydrogen-bond donors (Lipinski definition) is 2. The van der Waals surface area contributed by atoms with Crippen LogP contribution >= 0.6 is 15.9 Å². The summed E-state index contributed by atoms with van der Waals surface area (Å²) in [5.41, 5.74) is 0.168. The molecular formula is C14H9BrN2O5. The fraction of sp³-hybridized carbons (Fsp3) is 0. The predicted octanol–water partition coefficient (Wildman–Crippen LogP) is 3.31. The van der Waals surface area contributed by atoms with Crippen molar-refractivity contribution in [2.45, 2.75) is 0 Å². The molecule has 8 heteroatoms. The lowest BCUT2D eigenvalue weighted by atomic mass is 10.1. The van der Waals surface area contributed by atoms with E-state index in [1.807, 2.05) is 0 Å². The van der Waals surface area contributed by atoms with E-state index in [0.29, 0.717) is 4.47 Å². The molecule has 2 aromatic rings. The van der Waals surface area contributed by atoms with E-state index in [-0.39, 0.29) is 22.5 Å². The van der Waals surface area contributed by atoms with Gasteiger partial charge in [0.05, 0.1) is 16.2 Å². The van der Waals surface area contributed by atoms with Gasteiger partial charge in [-0.25, -0.2) is 4.79 Å². The van der Waals surface area contributed by atoms with Crippen LogP contribution in [0, 0.1) is 10.1 Å². The smallest absolute Gasteiger partial charge is 0.335 e. The van der Waals surface area contributed by atoms with Crippen molar-refractivity contribution in [2.75, 3.05) is 5.32 Å². The van der Waals surface area contributed by atoms with Gasteiger partial charge in [0, 0.05) is 22.2 Å². The second kappa shape index (κ2) is 6.35. The number of carbonyl (C=O) groups is 2. The Labute approximate surface area is 132 Å². The predicted molar refractivity (Wildman–Crippen MR) is 82.2 cm³/mol. The monoisotopic (exact) mass is 364 g/mol.